The van der Waals surface area contributed by atoms with Gasteiger partial charge in [0.1, 0.15) is 11.5 Å². The molecule has 0 bridgehead atoms. The van der Waals surface area contributed by atoms with Crippen LogP contribution in [0.3, 0.4) is 0 Å². The summed E-state index contributed by atoms with van der Waals surface area (Å²) < 4.78 is 17.0. The third-order valence-corrected chi connectivity index (χ3v) is 3.55. The maximum absolute atomic E-state index is 5.97. The molecule has 1 saturated heterocycles. The Balaban J connectivity index is 1.96. The summed E-state index contributed by atoms with van der Waals surface area (Å²) in [6.07, 6.45) is 3.14. The second kappa shape index (κ2) is 8.12. The monoisotopic (exact) mass is 279 g/mol. The molecule has 1 aliphatic heterocycles. The number of hydrogen-bond acceptors (Lipinski definition) is 4. The smallest absolute Gasteiger partial charge is 0.127 e. The van der Waals surface area contributed by atoms with E-state index in [4.69, 9.17) is 19.9 Å². The molecule has 0 aliphatic carbocycles. The largest absolute Gasteiger partial charge is 0.493 e. The van der Waals surface area contributed by atoms with Crippen molar-refractivity contribution in [3.63, 3.8) is 0 Å². The zero-order valence-corrected chi connectivity index (χ0v) is 12.3. The van der Waals surface area contributed by atoms with Crippen LogP contribution in [0.2, 0.25) is 0 Å². The quantitative estimate of drug-likeness (QED) is 0.834. The summed E-state index contributed by atoms with van der Waals surface area (Å²) in [6.45, 7) is 5.72. The number of hydrogen-bond donors (Lipinski definition) is 1. The molecule has 1 aromatic rings. The fraction of sp³-hybridized carbons (Fsp3) is 0.625. The number of benzene rings is 1. The lowest BCUT2D eigenvalue weighted by Gasteiger charge is -2.23. The van der Waals surface area contributed by atoms with Crippen LogP contribution in [-0.2, 0) is 11.3 Å². The molecule has 0 atom stereocenters. The summed E-state index contributed by atoms with van der Waals surface area (Å²) in [5, 5.41) is 0. The molecule has 1 aromatic carbocycles. The van der Waals surface area contributed by atoms with Gasteiger partial charge in [0.2, 0.25) is 0 Å². The maximum atomic E-state index is 5.97. The molecule has 1 heterocycles. The molecule has 1 fully saturated rings. The highest BCUT2D eigenvalue weighted by atomic mass is 16.5. The molecule has 0 aromatic heterocycles. The Bertz CT molecular complexity index is 403. The highest BCUT2D eigenvalue weighted by Gasteiger charge is 2.15. The minimum absolute atomic E-state index is 0.483. The fourth-order valence-electron chi connectivity index (χ4n) is 2.27. The third-order valence-electron chi connectivity index (χ3n) is 3.55. The average Bonchev–Trinajstić information content (AvgIpc) is 2.52. The minimum Gasteiger partial charge on any atom is -0.493 e. The normalized spacial score (nSPS) is 16.1. The fourth-order valence-corrected chi connectivity index (χ4v) is 2.27. The van der Waals surface area contributed by atoms with Crippen molar-refractivity contribution in [3.8, 4) is 11.5 Å². The lowest BCUT2D eigenvalue weighted by molar-refractivity contribution is 0.0496. The van der Waals surface area contributed by atoms with E-state index < -0.39 is 0 Å². The second-order valence-electron chi connectivity index (χ2n) is 5.19. The molecule has 112 valence electrons. The van der Waals surface area contributed by atoms with Crippen LogP contribution in [0, 0.1) is 5.92 Å². The van der Waals surface area contributed by atoms with Gasteiger partial charge in [-0.25, -0.2) is 0 Å². The van der Waals surface area contributed by atoms with Gasteiger partial charge < -0.3 is 19.9 Å². The molecule has 4 heteroatoms. The number of rotatable bonds is 7. The first-order chi connectivity index (χ1) is 9.83. The first-order valence-corrected chi connectivity index (χ1v) is 7.49. The highest BCUT2D eigenvalue weighted by Crippen LogP contribution is 2.26. The molecule has 4 nitrogen and oxygen atoms in total. The van der Waals surface area contributed by atoms with Crippen LogP contribution in [0.5, 0.6) is 11.5 Å². The molecular weight excluding hydrogens is 254 g/mol. The van der Waals surface area contributed by atoms with E-state index in [1.54, 1.807) is 0 Å². The van der Waals surface area contributed by atoms with E-state index >= 15 is 0 Å². The number of nitrogens with two attached hydrogens (primary N) is 1. The van der Waals surface area contributed by atoms with Crippen molar-refractivity contribution < 1.29 is 14.2 Å². The maximum Gasteiger partial charge on any atom is 0.127 e. The second-order valence-corrected chi connectivity index (χ2v) is 5.19. The molecule has 2 N–H and O–H groups in total. The molecule has 0 saturated carbocycles. The van der Waals surface area contributed by atoms with Crippen molar-refractivity contribution in [1.29, 1.82) is 0 Å². The molecule has 0 amide bonds. The van der Waals surface area contributed by atoms with Crippen LogP contribution in [0.4, 0.5) is 0 Å². The Hall–Kier alpha value is -1.26. The van der Waals surface area contributed by atoms with Crippen LogP contribution in [0.1, 0.15) is 31.7 Å². The van der Waals surface area contributed by atoms with Crippen molar-refractivity contribution in [2.45, 2.75) is 32.7 Å². The molecule has 2 rings (SSSR count). The van der Waals surface area contributed by atoms with Gasteiger partial charge in [-0.15, -0.1) is 0 Å². The summed E-state index contributed by atoms with van der Waals surface area (Å²) in [5.41, 5.74) is 6.80. The van der Waals surface area contributed by atoms with E-state index in [1.165, 1.54) is 0 Å². The van der Waals surface area contributed by atoms with Gasteiger partial charge in [-0.1, -0.05) is 13.0 Å². The first-order valence-electron chi connectivity index (χ1n) is 7.49. The molecular formula is C16H25NO3. The molecule has 0 radical (unpaired) electrons. The Kier molecular flexibility index (Phi) is 6.15. The van der Waals surface area contributed by atoms with Crippen molar-refractivity contribution in [3.05, 3.63) is 23.8 Å². The number of ether oxygens (including phenoxy) is 3. The van der Waals surface area contributed by atoms with Gasteiger partial charge in [0.15, 0.2) is 0 Å². The Morgan fingerprint density at radius 3 is 2.75 bits per heavy atom. The standard InChI is InChI=1S/C16H25NO3/c1-2-7-19-15-4-3-14(11-17)16(10-15)20-12-13-5-8-18-9-6-13/h3-4,10,13H,2,5-9,11-12,17H2,1H3. The molecule has 0 spiro atoms. The predicted molar refractivity (Wildman–Crippen MR) is 79.2 cm³/mol. The lowest BCUT2D eigenvalue weighted by Crippen LogP contribution is -2.21. The zero-order valence-electron chi connectivity index (χ0n) is 12.3. The van der Waals surface area contributed by atoms with Gasteiger partial charge in [0, 0.05) is 31.4 Å². The predicted octanol–water partition coefficient (Wildman–Crippen LogP) is 2.74. The van der Waals surface area contributed by atoms with Crippen LogP contribution in [0.25, 0.3) is 0 Å². The third kappa shape index (κ3) is 4.39. The van der Waals surface area contributed by atoms with Gasteiger partial charge in [-0.05, 0) is 31.2 Å². The van der Waals surface area contributed by atoms with Gasteiger partial charge in [0.05, 0.1) is 13.2 Å². The summed E-state index contributed by atoms with van der Waals surface area (Å²) in [4.78, 5) is 0. The van der Waals surface area contributed by atoms with Crippen LogP contribution in [0.15, 0.2) is 18.2 Å². The minimum atomic E-state index is 0.483. The van der Waals surface area contributed by atoms with E-state index in [1.807, 2.05) is 18.2 Å². The van der Waals surface area contributed by atoms with Crippen molar-refractivity contribution >= 4 is 0 Å². The van der Waals surface area contributed by atoms with Crippen molar-refractivity contribution in [1.82, 2.24) is 0 Å². The summed E-state index contributed by atoms with van der Waals surface area (Å²) in [7, 11) is 0. The van der Waals surface area contributed by atoms with Crippen molar-refractivity contribution in [2.24, 2.45) is 11.7 Å². The topological polar surface area (TPSA) is 53.7 Å². The van der Waals surface area contributed by atoms with Crippen LogP contribution in [-0.4, -0.2) is 26.4 Å². The van der Waals surface area contributed by atoms with E-state index in [2.05, 4.69) is 6.92 Å². The van der Waals surface area contributed by atoms with E-state index in [0.717, 1.165) is 62.8 Å². The molecule has 20 heavy (non-hydrogen) atoms. The molecule has 1 aliphatic rings. The van der Waals surface area contributed by atoms with E-state index in [-0.39, 0.29) is 0 Å². The van der Waals surface area contributed by atoms with Gasteiger partial charge in [0.25, 0.3) is 0 Å². The van der Waals surface area contributed by atoms with Crippen LogP contribution >= 0.6 is 0 Å². The Morgan fingerprint density at radius 1 is 1.25 bits per heavy atom. The average molecular weight is 279 g/mol. The van der Waals surface area contributed by atoms with Crippen molar-refractivity contribution in [2.75, 3.05) is 26.4 Å². The van der Waals surface area contributed by atoms with Gasteiger partial charge >= 0.3 is 0 Å². The SMILES string of the molecule is CCCOc1ccc(CN)c(OCC2CCOCC2)c1. The van der Waals surface area contributed by atoms with E-state index in [0.29, 0.717) is 12.5 Å². The first kappa shape index (κ1) is 15.1. The highest BCUT2D eigenvalue weighted by molar-refractivity contribution is 5.40. The summed E-state index contributed by atoms with van der Waals surface area (Å²) in [5.74, 6) is 2.29. The Morgan fingerprint density at radius 2 is 2.05 bits per heavy atom. The summed E-state index contributed by atoms with van der Waals surface area (Å²) >= 11 is 0. The van der Waals surface area contributed by atoms with Gasteiger partial charge in [-0.2, -0.15) is 0 Å². The van der Waals surface area contributed by atoms with E-state index in [9.17, 15) is 0 Å². The lowest BCUT2D eigenvalue weighted by atomic mass is 10.0. The Labute approximate surface area is 121 Å². The van der Waals surface area contributed by atoms with Gasteiger partial charge in [-0.3, -0.25) is 0 Å². The molecule has 0 unspecified atom stereocenters. The summed E-state index contributed by atoms with van der Waals surface area (Å²) in [6, 6.07) is 5.90. The zero-order chi connectivity index (χ0) is 14.2. The van der Waals surface area contributed by atoms with Crippen LogP contribution < -0.4 is 15.2 Å².